The molecule has 1 aromatic heterocycles. The Morgan fingerprint density at radius 1 is 1.53 bits per heavy atom. The van der Waals surface area contributed by atoms with Crippen molar-refractivity contribution in [1.82, 2.24) is 4.98 Å². The number of H-pyrrole nitrogens is 1. The molecule has 0 spiro atoms. The van der Waals surface area contributed by atoms with Crippen LogP contribution in [0.2, 0.25) is 0 Å². The molecule has 2 atom stereocenters. The van der Waals surface area contributed by atoms with Gasteiger partial charge in [0, 0.05) is 34.9 Å². The van der Waals surface area contributed by atoms with Crippen LogP contribution < -0.4 is 16.8 Å². The second-order valence-electron chi connectivity index (χ2n) is 4.47. The summed E-state index contributed by atoms with van der Waals surface area (Å²) in [5.41, 5.74) is 8.17. The van der Waals surface area contributed by atoms with E-state index in [9.17, 15) is 9.00 Å². The predicted octanol–water partition coefficient (Wildman–Crippen LogP) is 1.27. The van der Waals surface area contributed by atoms with E-state index < -0.39 is 16.6 Å². The summed E-state index contributed by atoms with van der Waals surface area (Å²) in [6, 6.07) is 3.35. The van der Waals surface area contributed by atoms with Gasteiger partial charge in [0.1, 0.15) is 0 Å². The van der Waals surface area contributed by atoms with E-state index in [1.54, 1.807) is 18.4 Å². The maximum absolute atomic E-state index is 11.2. The van der Waals surface area contributed by atoms with E-state index in [-0.39, 0.29) is 5.25 Å². The minimum absolute atomic E-state index is 0.131. The molecule has 0 amide bonds. The van der Waals surface area contributed by atoms with E-state index in [1.807, 2.05) is 6.92 Å². The molecule has 2 aromatic rings. The van der Waals surface area contributed by atoms with Crippen LogP contribution in [-0.2, 0) is 10.8 Å². The minimum atomic E-state index is -0.826. The van der Waals surface area contributed by atoms with Crippen molar-refractivity contribution in [3.63, 3.8) is 0 Å². The first kappa shape index (κ1) is 13.7. The third-order valence-electron chi connectivity index (χ3n) is 3.02. The van der Waals surface area contributed by atoms with Crippen LogP contribution in [0.15, 0.2) is 21.3 Å². The highest BCUT2D eigenvalue weighted by molar-refractivity contribution is 7.84. The minimum Gasteiger partial charge on any atom is -0.408 e. The summed E-state index contributed by atoms with van der Waals surface area (Å²) < 4.78 is 16.2. The molecule has 0 aliphatic carbocycles. The summed E-state index contributed by atoms with van der Waals surface area (Å²) >= 11 is 0. The summed E-state index contributed by atoms with van der Waals surface area (Å²) in [6.07, 6.45) is 2.48. The largest absolute Gasteiger partial charge is 0.417 e. The smallest absolute Gasteiger partial charge is 0.408 e. The molecule has 0 aliphatic heterocycles. The van der Waals surface area contributed by atoms with Crippen LogP contribution in [0.3, 0.4) is 0 Å². The molecule has 2 unspecified atom stereocenters. The van der Waals surface area contributed by atoms with Gasteiger partial charge in [-0.3, -0.25) is 9.19 Å². The van der Waals surface area contributed by atoms with Crippen molar-refractivity contribution in [1.29, 1.82) is 0 Å². The number of aromatic amines is 1. The highest BCUT2D eigenvalue weighted by Crippen LogP contribution is 2.24. The van der Waals surface area contributed by atoms with Crippen molar-refractivity contribution in [2.24, 2.45) is 0 Å². The molecule has 104 valence electrons. The quantitative estimate of drug-likeness (QED) is 0.717. The number of oxazole rings is 1. The summed E-state index contributed by atoms with van der Waals surface area (Å²) in [6.45, 7) is 2.61. The number of nitrogens with one attached hydrogen (secondary N) is 2. The van der Waals surface area contributed by atoms with Gasteiger partial charge < -0.3 is 15.5 Å². The van der Waals surface area contributed by atoms with Crippen LogP contribution in [0.5, 0.6) is 0 Å². The van der Waals surface area contributed by atoms with E-state index in [2.05, 4.69) is 10.3 Å². The van der Waals surface area contributed by atoms with Gasteiger partial charge in [0.25, 0.3) is 0 Å². The highest BCUT2D eigenvalue weighted by atomic mass is 32.2. The second kappa shape index (κ2) is 5.48. The Morgan fingerprint density at radius 2 is 2.26 bits per heavy atom. The number of anilines is 2. The van der Waals surface area contributed by atoms with E-state index in [0.717, 1.165) is 12.1 Å². The number of fused-ring (bicyclic) bond motifs is 1. The standard InChI is InChI=1S/C12H17N3O3S/c1-7(19(2)17)3-4-14-9-6-10-11(5-8(9)13)18-12(16)15-10/h5-7,14H,3-4,13H2,1-2H3,(H,15,16). The monoisotopic (exact) mass is 283 g/mol. The van der Waals surface area contributed by atoms with Gasteiger partial charge in [-0.1, -0.05) is 6.92 Å². The Morgan fingerprint density at radius 3 is 2.95 bits per heavy atom. The summed E-state index contributed by atoms with van der Waals surface area (Å²) in [5.74, 6) is -0.499. The number of nitrogens with two attached hydrogens (primary N) is 1. The van der Waals surface area contributed by atoms with Gasteiger partial charge in [0.15, 0.2) is 5.58 Å². The lowest BCUT2D eigenvalue weighted by Gasteiger charge is -2.11. The molecule has 0 bridgehead atoms. The van der Waals surface area contributed by atoms with Crippen molar-refractivity contribution in [3.05, 3.63) is 22.7 Å². The lowest BCUT2D eigenvalue weighted by molar-refractivity contribution is 0.555. The fourth-order valence-corrected chi connectivity index (χ4v) is 2.19. The van der Waals surface area contributed by atoms with Crippen LogP contribution in [0.4, 0.5) is 11.4 Å². The molecule has 0 radical (unpaired) electrons. The van der Waals surface area contributed by atoms with Crippen LogP contribution in [0.1, 0.15) is 13.3 Å². The number of aromatic nitrogens is 1. The maximum Gasteiger partial charge on any atom is 0.417 e. The molecule has 0 saturated carbocycles. The molecule has 2 rings (SSSR count). The molecule has 6 nitrogen and oxygen atoms in total. The first-order valence-electron chi connectivity index (χ1n) is 5.96. The van der Waals surface area contributed by atoms with Crippen LogP contribution in [0.25, 0.3) is 11.1 Å². The Hall–Kier alpha value is -1.76. The average molecular weight is 283 g/mol. The van der Waals surface area contributed by atoms with Gasteiger partial charge in [-0.15, -0.1) is 0 Å². The fraction of sp³-hybridized carbons (Fsp3) is 0.417. The van der Waals surface area contributed by atoms with Crippen LogP contribution in [-0.4, -0.2) is 27.2 Å². The summed E-state index contributed by atoms with van der Waals surface area (Å²) in [5, 5.41) is 3.31. The molecule has 1 heterocycles. The molecular weight excluding hydrogens is 266 g/mol. The average Bonchev–Trinajstić information content (AvgIpc) is 2.68. The predicted molar refractivity (Wildman–Crippen MR) is 77.9 cm³/mol. The van der Waals surface area contributed by atoms with Gasteiger partial charge in [0.2, 0.25) is 0 Å². The van der Waals surface area contributed by atoms with E-state index in [0.29, 0.717) is 23.3 Å². The van der Waals surface area contributed by atoms with Crippen LogP contribution >= 0.6 is 0 Å². The van der Waals surface area contributed by atoms with Gasteiger partial charge >= 0.3 is 5.76 Å². The van der Waals surface area contributed by atoms with Crippen LogP contribution in [0, 0.1) is 0 Å². The summed E-state index contributed by atoms with van der Waals surface area (Å²) in [7, 11) is -0.826. The van der Waals surface area contributed by atoms with Gasteiger partial charge in [0.05, 0.1) is 16.9 Å². The molecule has 0 saturated heterocycles. The van der Waals surface area contributed by atoms with E-state index >= 15 is 0 Å². The fourth-order valence-electron chi connectivity index (χ4n) is 1.74. The van der Waals surface area contributed by atoms with Crippen molar-refractivity contribution in [3.8, 4) is 0 Å². The second-order valence-corrected chi connectivity index (χ2v) is 6.28. The van der Waals surface area contributed by atoms with E-state index in [1.165, 1.54) is 0 Å². The molecular formula is C12H17N3O3S. The third-order valence-corrected chi connectivity index (χ3v) is 4.39. The molecule has 4 N–H and O–H groups in total. The molecule has 19 heavy (non-hydrogen) atoms. The van der Waals surface area contributed by atoms with Crippen molar-refractivity contribution < 1.29 is 8.63 Å². The first-order chi connectivity index (χ1) is 8.97. The number of nitrogen functional groups attached to an aromatic ring is 1. The topological polar surface area (TPSA) is 101 Å². The Kier molecular flexibility index (Phi) is 3.94. The number of hydrogen-bond acceptors (Lipinski definition) is 5. The number of benzene rings is 1. The van der Waals surface area contributed by atoms with Gasteiger partial charge in [-0.25, -0.2) is 4.79 Å². The SMILES string of the molecule is CC(CCNc1cc2[nH]c(=O)oc2cc1N)S(C)=O. The molecule has 1 aromatic carbocycles. The lowest BCUT2D eigenvalue weighted by atomic mass is 10.2. The zero-order chi connectivity index (χ0) is 14.0. The van der Waals surface area contributed by atoms with Gasteiger partial charge in [-0.2, -0.15) is 0 Å². The van der Waals surface area contributed by atoms with Crippen molar-refractivity contribution in [2.45, 2.75) is 18.6 Å². The van der Waals surface area contributed by atoms with Gasteiger partial charge in [-0.05, 0) is 12.5 Å². The maximum atomic E-state index is 11.2. The molecule has 7 heteroatoms. The molecule has 0 aliphatic rings. The Balaban J connectivity index is 2.10. The Labute approximate surface area is 112 Å². The zero-order valence-electron chi connectivity index (χ0n) is 10.9. The first-order valence-corrected chi connectivity index (χ1v) is 7.58. The van der Waals surface area contributed by atoms with E-state index in [4.69, 9.17) is 10.2 Å². The van der Waals surface area contributed by atoms with Crippen molar-refractivity contribution in [2.75, 3.05) is 23.9 Å². The Bertz CT molecular complexity index is 662. The molecule has 0 fully saturated rings. The lowest BCUT2D eigenvalue weighted by Crippen LogP contribution is -2.15. The third kappa shape index (κ3) is 3.17. The number of rotatable bonds is 5. The summed E-state index contributed by atoms with van der Waals surface area (Å²) in [4.78, 5) is 13.6. The normalized spacial score (nSPS) is 14.4. The number of hydrogen-bond donors (Lipinski definition) is 3. The highest BCUT2D eigenvalue weighted by Gasteiger charge is 2.08. The zero-order valence-corrected chi connectivity index (χ0v) is 11.7. The van der Waals surface area contributed by atoms with Crippen molar-refractivity contribution >= 4 is 33.3 Å².